The SMILES string of the molecule is Cc1ccnc(F)c1-c1cccc(N2CC(N3CCNCC3)CC2=O)c1. The lowest BCUT2D eigenvalue weighted by Crippen LogP contribution is -2.49. The van der Waals surface area contributed by atoms with Crippen molar-refractivity contribution in [2.24, 2.45) is 0 Å². The molecule has 2 aliphatic heterocycles. The average molecular weight is 354 g/mol. The number of pyridine rings is 1. The molecule has 3 heterocycles. The number of hydrogen-bond acceptors (Lipinski definition) is 4. The van der Waals surface area contributed by atoms with Crippen LogP contribution in [0.5, 0.6) is 0 Å². The molecule has 2 fully saturated rings. The number of aryl methyl sites for hydroxylation is 1. The van der Waals surface area contributed by atoms with Crippen LogP contribution < -0.4 is 10.2 Å². The highest BCUT2D eigenvalue weighted by molar-refractivity contribution is 5.96. The lowest BCUT2D eigenvalue weighted by Gasteiger charge is -2.32. The third-order valence-corrected chi connectivity index (χ3v) is 5.33. The summed E-state index contributed by atoms with van der Waals surface area (Å²) in [5.74, 6) is -0.345. The first-order valence-corrected chi connectivity index (χ1v) is 9.10. The second-order valence-electron chi connectivity index (χ2n) is 6.99. The summed E-state index contributed by atoms with van der Waals surface area (Å²) in [5.41, 5.74) is 2.91. The number of piperazine rings is 1. The highest BCUT2D eigenvalue weighted by Gasteiger charge is 2.34. The molecule has 1 amide bonds. The van der Waals surface area contributed by atoms with Crippen molar-refractivity contribution in [3.63, 3.8) is 0 Å². The third kappa shape index (κ3) is 3.22. The van der Waals surface area contributed by atoms with Crippen molar-refractivity contribution in [2.75, 3.05) is 37.6 Å². The highest BCUT2D eigenvalue weighted by atomic mass is 19.1. The Labute approximate surface area is 152 Å². The fourth-order valence-electron chi connectivity index (χ4n) is 3.93. The van der Waals surface area contributed by atoms with Gasteiger partial charge in [0.2, 0.25) is 11.9 Å². The zero-order chi connectivity index (χ0) is 18.1. The van der Waals surface area contributed by atoms with Crippen LogP contribution in [0.1, 0.15) is 12.0 Å². The summed E-state index contributed by atoms with van der Waals surface area (Å²) < 4.78 is 14.2. The average Bonchev–Trinajstić information content (AvgIpc) is 3.04. The van der Waals surface area contributed by atoms with Crippen LogP contribution >= 0.6 is 0 Å². The number of amides is 1. The van der Waals surface area contributed by atoms with Crippen molar-refractivity contribution in [2.45, 2.75) is 19.4 Å². The Kier molecular flexibility index (Phi) is 4.70. The molecule has 2 aliphatic rings. The predicted molar refractivity (Wildman–Crippen MR) is 99.6 cm³/mol. The van der Waals surface area contributed by atoms with Crippen LogP contribution in [0, 0.1) is 12.9 Å². The van der Waals surface area contributed by atoms with E-state index in [9.17, 15) is 9.18 Å². The van der Waals surface area contributed by atoms with E-state index in [1.54, 1.807) is 6.07 Å². The van der Waals surface area contributed by atoms with Crippen molar-refractivity contribution in [1.82, 2.24) is 15.2 Å². The molecule has 0 saturated carbocycles. The molecule has 1 aromatic carbocycles. The van der Waals surface area contributed by atoms with Gasteiger partial charge in [-0.05, 0) is 36.2 Å². The van der Waals surface area contributed by atoms with Gasteiger partial charge in [0.15, 0.2) is 0 Å². The first-order valence-electron chi connectivity index (χ1n) is 9.10. The van der Waals surface area contributed by atoms with Gasteiger partial charge < -0.3 is 10.2 Å². The van der Waals surface area contributed by atoms with Gasteiger partial charge in [-0.15, -0.1) is 0 Å². The molecule has 0 aliphatic carbocycles. The minimum absolute atomic E-state index is 0.133. The molecule has 0 spiro atoms. The molecule has 1 unspecified atom stereocenters. The van der Waals surface area contributed by atoms with Crippen molar-refractivity contribution in [1.29, 1.82) is 0 Å². The topological polar surface area (TPSA) is 48.5 Å². The second-order valence-corrected chi connectivity index (χ2v) is 6.99. The Morgan fingerprint density at radius 2 is 2.04 bits per heavy atom. The number of anilines is 1. The van der Waals surface area contributed by atoms with Crippen molar-refractivity contribution in [3.8, 4) is 11.1 Å². The largest absolute Gasteiger partial charge is 0.314 e. The predicted octanol–water partition coefficient (Wildman–Crippen LogP) is 2.21. The van der Waals surface area contributed by atoms with E-state index in [0.29, 0.717) is 18.5 Å². The Morgan fingerprint density at radius 1 is 1.23 bits per heavy atom. The first-order chi connectivity index (χ1) is 12.6. The van der Waals surface area contributed by atoms with Gasteiger partial charge >= 0.3 is 0 Å². The molecule has 1 aromatic heterocycles. The van der Waals surface area contributed by atoms with Crippen molar-refractivity contribution >= 4 is 11.6 Å². The van der Waals surface area contributed by atoms with Crippen LogP contribution in [-0.4, -0.2) is 54.6 Å². The molecule has 6 heteroatoms. The van der Waals surface area contributed by atoms with E-state index >= 15 is 0 Å². The maximum atomic E-state index is 14.2. The number of carbonyl (C=O) groups is 1. The molecule has 0 bridgehead atoms. The fraction of sp³-hybridized carbons (Fsp3) is 0.400. The molecular formula is C20H23FN4O. The fourth-order valence-corrected chi connectivity index (χ4v) is 3.93. The molecule has 136 valence electrons. The number of rotatable bonds is 3. The highest BCUT2D eigenvalue weighted by Crippen LogP contribution is 2.31. The molecule has 5 nitrogen and oxygen atoms in total. The molecule has 0 radical (unpaired) electrons. The Morgan fingerprint density at radius 3 is 2.81 bits per heavy atom. The number of hydrogen-bond donors (Lipinski definition) is 1. The normalized spacial score (nSPS) is 21.4. The Bertz CT molecular complexity index is 799. The quantitative estimate of drug-likeness (QED) is 0.859. The lowest BCUT2D eigenvalue weighted by atomic mass is 10.0. The van der Waals surface area contributed by atoms with Crippen LogP contribution in [-0.2, 0) is 4.79 Å². The van der Waals surface area contributed by atoms with Gasteiger partial charge in [0.25, 0.3) is 0 Å². The Hall–Kier alpha value is -2.31. The summed E-state index contributed by atoms with van der Waals surface area (Å²) in [6.45, 7) is 6.46. The zero-order valence-corrected chi connectivity index (χ0v) is 14.9. The summed E-state index contributed by atoms with van der Waals surface area (Å²) in [5, 5.41) is 3.35. The van der Waals surface area contributed by atoms with Gasteiger partial charge in [-0.25, -0.2) is 4.98 Å². The van der Waals surface area contributed by atoms with Crippen molar-refractivity contribution in [3.05, 3.63) is 48.0 Å². The molecule has 1 atom stereocenters. The zero-order valence-electron chi connectivity index (χ0n) is 14.9. The summed E-state index contributed by atoms with van der Waals surface area (Å²) in [6.07, 6.45) is 2.02. The van der Waals surface area contributed by atoms with E-state index < -0.39 is 5.95 Å². The third-order valence-electron chi connectivity index (χ3n) is 5.33. The number of carbonyl (C=O) groups excluding carboxylic acids is 1. The van der Waals surface area contributed by atoms with E-state index in [-0.39, 0.29) is 11.9 Å². The minimum Gasteiger partial charge on any atom is -0.314 e. The van der Waals surface area contributed by atoms with Gasteiger partial charge in [0.05, 0.1) is 0 Å². The molecule has 4 rings (SSSR count). The summed E-state index contributed by atoms with van der Waals surface area (Å²) in [4.78, 5) is 20.6. The van der Waals surface area contributed by atoms with E-state index in [4.69, 9.17) is 0 Å². The van der Waals surface area contributed by atoms with Gasteiger partial charge in [0.1, 0.15) is 0 Å². The van der Waals surface area contributed by atoms with Gasteiger partial charge in [-0.1, -0.05) is 12.1 Å². The first kappa shape index (κ1) is 17.1. The van der Waals surface area contributed by atoms with Crippen LogP contribution in [0.25, 0.3) is 11.1 Å². The van der Waals surface area contributed by atoms with Crippen molar-refractivity contribution < 1.29 is 9.18 Å². The monoisotopic (exact) mass is 354 g/mol. The van der Waals surface area contributed by atoms with E-state index in [1.165, 1.54) is 6.20 Å². The lowest BCUT2D eigenvalue weighted by molar-refractivity contribution is -0.117. The Balaban J connectivity index is 1.59. The van der Waals surface area contributed by atoms with E-state index in [2.05, 4.69) is 15.2 Å². The maximum Gasteiger partial charge on any atom is 0.228 e. The van der Waals surface area contributed by atoms with E-state index in [0.717, 1.165) is 43.0 Å². The second kappa shape index (κ2) is 7.13. The summed E-state index contributed by atoms with van der Waals surface area (Å²) in [7, 11) is 0. The number of nitrogens with one attached hydrogen (secondary N) is 1. The smallest absolute Gasteiger partial charge is 0.228 e. The molecule has 2 aromatic rings. The minimum atomic E-state index is -0.478. The molecular weight excluding hydrogens is 331 g/mol. The standard InChI is InChI=1S/C20H23FN4O/c1-14-5-6-23-20(21)19(14)15-3-2-4-16(11-15)25-13-17(12-18(25)26)24-9-7-22-8-10-24/h2-6,11,17,22H,7-10,12-13H2,1H3. The summed E-state index contributed by atoms with van der Waals surface area (Å²) >= 11 is 0. The van der Waals surface area contributed by atoms with Crippen LogP contribution in [0.2, 0.25) is 0 Å². The maximum absolute atomic E-state index is 14.2. The van der Waals surface area contributed by atoms with E-state index in [1.807, 2.05) is 36.1 Å². The number of nitrogens with zero attached hydrogens (tertiary/aromatic N) is 3. The van der Waals surface area contributed by atoms with Crippen LogP contribution in [0.3, 0.4) is 0 Å². The summed E-state index contributed by atoms with van der Waals surface area (Å²) in [6, 6.07) is 9.61. The molecule has 26 heavy (non-hydrogen) atoms. The van der Waals surface area contributed by atoms with Crippen LogP contribution in [0.4, 0.5) is 10.1 Å². The number of halogens is 1. The molecule has 1 N–H and O–H groups in total. The number of benzene rings is 1. The molecule has 2 saturated heterocycles. The number of aromatic nitrogens is 1. The van der Waals surface area contributed by atoms with Crippen LogP contribution in [0.15, 0.2) is 36.5 Å². The van der Waals surface area contributed by atoms with Gasteiger partial charge in [-0.2, -0.15) is 4.39 Å². The van der Waals surface area contributed by atoms with Gasteiger partial charge in [0, 0.05) is 62.6 Å². The van der Waals surface area contributed by atoms with Gasteiger partial charge in [-0.3, -0.25) is 9.69 Å².